The lowest BCUT2D eigenvalue weighted by Crippen LogP contribution is -2.48. The number of fused-ring (bicyclic) bond motifs is 2. The van der Waals surface area contributed by atoms with Crippen molar-refractivity contribution in [3.8, 4) is 0 Å². The molecule has 2 bridgehead atoms. The van der Waals surface area contributed by atoms with Gasteiger partial charge in [-0.2, -0.15) is 17.6 Å². The fraction of sp³-hybridized carbons (Fsp3) is 0.412. The lowest BCUT2D eigenvalue weighted by Gasteiger charge is -2.34. The zero-order chi connectivity index (χ0) is 17.0. The fourth-order valence-corrected chi connectivity index (χ4v) is 7.60. The lowest BCUT2D eigenvalue weighted by atomic mass is 9.97. The van der Waals surface area contributed by atoms with Crippen molar-refractivity contribution in [2.45, 2.75) is 30.3 Å². The Balaban J connectivity index is 2.18. The number of benzene rings is 1. The molecule has 3 rings (SSSR count). The number of hydrogen-bond acceptors (Lipinski definition) is 0. The van der Waals surface area contributed by atoms with Gasteiger partial charge in [0.05, 0.1) is 0 Å². The van der Waals surface area contributed by atoms with E-state index in [0.717, 1.165) is 5.19 Å². The molecule has 0 fully saturated rings. The topological polar surface area (TPSA) is 0 Å². The number of alkyl halides is 5. The molecule has 0 heterocycles. The van der Waals surface area contributed by atoms with Crippen LogP contribution in [0.1, 0.15) is 6.42 Å². The molecule has 0 saturated heterocycles. The summed E-state index contributed by atoms with van der Waals surface area (Å²) in [5.74, 6) is -4.90. The van der Waals surface area contributed by atoms with E-state index in [1.165, 1.54) is 0 Å². The maximum atomic E-state index is 14.5. The monoisotopic (exact) mass is 404 g/mol. The first-order chi connectivity index (χ1) is 10.6. The highest BCUT2D eigenvalue weighted by atomic mass is 79.9. The highest BCUT2D eigenvalue weighted by Crippen LogP contribution is 2.57. The molecule has 2 aliphatic carbocycles. The SMILES string of the molecule is C[Si](C)(C1=C(C(F)(F)C(F)(F)Br)C2C=CC1C2)c1ccccc1. The molecule has 2 aliphatic rings. The second-order valence-corrected chi connectivity index (χ2v) is 12.1. The van der Waals surface area contributed by atoms with Gasteiger partial charge >= 0.3 is 10.8 Å². The summed E-state index contributed by atoms with van der Waals surface area (Å²) >= 11 is 1.91. The van der Waals surface area contributed by atoms with E-state index in [0.29, 0.717) is 11.6 Å². The molecule has 0 spiro atoms. The number of rotatable bonds is 4. The molecule has 2 atom stereocenters. The zero-order valence-corrected chi connectivity index (χ0v) is 15.4. The van der Waals surface area contributed by atoms with E-state index in [4.69, 9.17) is 0 Å². The van der Waals surface area contributed by atoms with Crippen LogP contribution in [0.2, 0.25) is 13.1 Å². The molecule has 1 aromatic rings. The molecule has 6 heteroatoms. The Morgan fingerprint density at radius 2 is 1.57 bits per heavy atom. The normalized spacial score (nSPS) is 24.7. The molecule has 124 valence electrons. The second-order valence-electron chi connectivity index (χ2n) is 6.72. The smallest absolute Gasteiger partial charge is 0.194 e. The van der Waals surface area contributed by atoms with Gasteiger partial charge in [0, 0.05) is 11.5 Å². The molecule has 0 radical (unpaired) electrons. The van der Waals surface area contributed by atoms with Gasteiger partial charge in [-0.25, -0.2) is 0 Å². The van der Waals surface area contributed by atoms with E-state index >= 15 is 0 Å². The largest absolute Gasteiger partial charge is 0.367 e. The number of allylic oxidation sites excluding steroid dienone is 4. The summed E-state index contributed by atoms with van der Waals surface area (Å²) in [6.45, 7) is 3.93. The van der Waals surface area contributed by atoms with Crippen LogP contribution >= 0.6 is 15.9 Å². The first-order valence-corrected chi connectivity index (χ1v) is 11.3. The average Bonchev–Trinajstić information content (AvgIpc) is 3.08. The van der Waals surface area contributed by atoms with E-state index < -0.39 is 24.7 Å². The third kappa shape index (κ3) is 2.54. The standard InChI is InChI=1S/C17H17BrF4Si/c1-23(2,13-6-4-3-5-7-13)15-12-9-8-11(10-12)14(15)16(19,20)17(18,21)22/h3-9,11-12H,10H2,1-2H3. The molecule has 1 aromatic carbocycles. The van der Waals surface area contributed by atoms with Crippen molar-refractivity contribution >= 4 is 29.2 Å². The highest BCUT2D eigenvalue weighted by molar-refractivity contribution is 9.10. The summed E-state index contributed by atoms with van der Waals surface area (Å²) in [7, 11) is -2.46. The molecule has 0 aliphatic heterocycles. The zero-order valence-electron chi connectivity index (χ0n) is 12.8. The van der Waals surface area contributed by atoms with Crippen LogP contribution in [0.5, 0.6) is 0 Å². The van der Waals surface area contributed by atoms with Crippen LogP contribution in [-0.4, -0.2) is 18.8 Å². The van der Waals surface area contributed by atoms with Gasteiger partial charge in [-0.3, -0.25) is 0 Å². The maximum absolute atomic E-state index is 14.5. The number of hydrogen-bond donors (Lipinski definition) is 0. The van der Waals surface area contributed by atoms with Crippen molar-refractivity contribution < 1.29 is 17.6 Å². The van der Waals surface area contributed by atoms with Crippen LogP contribution in [0.3, 0.4) is 0 Å². The molecule has 23 heavy (non-hydrogen) atoms. The van der Waals surface area contributed by atoms with Gasteiger partial charge in [-0.1, -0.05) is 66.0 Å². The first kappa shape index (κ1) is 17.0. The summed E-state index contributed by atoms with van der Waals surface area (Å²) in [5.41, 5.74) is -0.354. The maximum Gasteiger partial charge on any atom is 0.367 e. The molecular formula is C17H17BrF4Si. The van der Waals surface area contributed by atoms with Gasteiger partial charge in [0.1, 0.15) is 8.07 Å². The number of halogens is 5. The van der Waals surface area contributed by atoms with Crippen LogP contribution in [0.15, 0.2) is 53.3 Å². The quantitative estimate of drug-likeness (QED) is 0.277. The highest BCUT2D eigenvalue weighted by Gasteiger charge is 2.62. The third-order valence-electron chi connectivity index (χ3n) is 4.98. The minimum atomic E-state index is -4.24. The van der Waals surface area contributed by atoms with Crippen molar-refractivity contribution in [1.29, 1.82) is 0 Å². The van der Waals surface area contributed by atoms with Gasteiger partial charge in [-0.05, 0) is 28.3 Å². The first-order valence-electron chi connectivity index (χ1n) is 7.50. The summed E-state index contributed by atoms with van der Waals surface area (Å²) in [6, 6.07) is 9.42. The lowest BCUT2D eigenvalue weighted by molar-refractivity contribution is -0.123. The predicted octanol–water partition coefficient (Wildman–Crippen LogP) is 5.27. The molecule has 0 aromatic heterocycles. The Kier molecular flexibility index (Phi) is 3.91. The van der Waals surface area contributed by atoms with E-state index in [9.17, 15) is 17.6 Å². The Bertz CT molecular complexity index is 674. The Labute approximate surface area is 142 Å². The van der Waals surface area contributed by atoms with Crippen molar-refractivity contribution in [3.63, 3.8) is 0 Å². The van der Waals surface area contributed by atoms with Gasteiger partial charge in [0.15, 0.2) is 0 Å². The van der Waals surface area contributed by atoms with Gasteiger partial charge in [-0.15, -0.1) is 0 Å². The van der Waals surface area contributed by atoms with Crippen LogP contribution in [-0.2, 0) is 0 Å². The minimum Gasteiger partial charge on any atom is -0.194 e. The van der Waals surface area contributed by atoms with Crippen LogP contribution in [0, 0.1) is 11.8 Å². The predicted molar refractivity (Wildman–Crippen MR) is 90.1 cm³/mol. The van der Waals surface area contributed by atoms with Crippen molar-refractivity contribution in [1.82, 2.24) is 0 Å². The van der Waals surface area contributed by atoms with Crippen LogP contribution < -0.4 is 5.19 Å². The summed E-state index contributed by atoms with van der Waals surface area (Å²) in [4.78, 5) is -4.24. The Hall–Kier alpha value is -0.883. The summed E-state index contributed by atoms with van der Waals surface area (Å²) in [6.07, 6.45) is 4.06. The van der Waals surface area contributed by atoms with Crippen LogP contribution in [0.4, 0.5) is 17.6 Å². The molecule has 0 amide bonds. The summed E-state index contributed by atoms with van der Waals surface area (Å²) in [5, 5.41) is 1.56. The van der Waals surface area contributed by atoms with E-state index in [1.54, 1.807) is 6.08 Å². The molecule has 2 unspecified atom stereocenters. The van der Waals surface area contributed by atoms with E-state index in [1.807, 2.05) is 65.4 Å². The van der Waals surface area contributed by atoms with E-state index in [-0.39, 0.29) is 11.5 Å². The fourth-order valence-electron chi connectivity index (χ4n) is 3.89. The van der Waals surface area contributed by atoms with E-state index in [2.05, 4.69) is 0 Å². The molecule has 0 nitrogen and oxygen atoms in total. The van der Waals surface area contributed by atoms with Crippen molar-refractivity contribution in [2.75, 3.05) is 0 Å². The van der Waals surface area contributed by atoms with Crippen molar-refractivity contribution in [2.24, 2.45) is 11.8 Å². The van der Waals surface area contributed by atoms with Crippen LogP contribution in [0.25, 0.3) is 0 Å². The second kappa shape index (κ2) is 5.31. The Morgan fingerprint density at radius 1 is 1.00 bits per heavy atom. The average molecular weight is 405 g/mol. The van der Waals surface area contributed by atoms with Gasteiger partial charge in [0.25, 0.3) is 0 Å². The van der Waals surface area contributed by atoms with Gasteiger partial charge < -0.3 is 0 Å². The van der Waals surface area contributed by atoms with Crippen molar-refractivity contribution in [3.05, 3.63) is 53.3 Å². The van der Waals surface area contributed by atoms with Gasteiger partial charge in [0.2, 0.25) is 0 Å². The molecule has 0 saturated carbocycles. The summed E-state index contributed by atoms with van der Waals surface area (Å²) < 4.78 is 56.2. The molecular weight excluding hydrogens is 388 g/mol. The molecule has 0 N–H and O–H groups in total. The third-order valence-corrected chi connectivity index (χ3v) is 9.24. The minimum absolute atomic E-state index is 0.141. The Morgan fingerprint density at radius 3 is 2.13 bits per heavy atom.